The first-order valence-electron chi connectivity index (χ1n) is 10.8. The minimum Gasteiger partial charge on any atom is -0.494 e. The Hall–Kier alpha value is -1.75. The summed E-state index contributed by atoms with van der Waals surface area (Å²) in [6.07, 6.45) is 4.61. The summed E-state index contributed by atoms with van der Waals surface area (Å²) in [5.74, 6) is 2.11. The molecule has 0 aromatic heterocycles. The Morgan fingerprint density at radius 3 is 2.54 bits per heavy atom. The molecule has 1 saturated heterocycles. The molecule has 1 aliphatic heterocycles. The number of guanidine groups is 1. The van der Waals surface area contributed by atoms with Gasteiger partial charge in [0.15, 0.2) is 5.96 Å². The number of hydrogen-bond acceptors (Lipinski definition) is 3. The molecule has 0 bridgehead atoms. The Bertz CT molecular complexity index is 612. The molecular formula is C23H40N4O. The van der Waals surface area contributed by atoms with Gasteiger partial charge in [-0.15, -0.1) is 0 Å². The summed E-state index contributed by atoms with van der Waals surface area (Å²) < 4.78 is 5.86. The van der Waals surface area contributed by atoms with E-state index in [1.54, 1.807) is 0 Å². The van der Waals surface area contributed by atoms with Crippen LogP contribution in [0, 0.1) is 16.7 Å². The van der Waals surface area contributed by atoms with Crippen LogP contribution in [-0.4, -0.2) is 43.1 Å². The van der Waals surface area contributed by atoms with E-state index < -0.39 is 0 Å². The quantitative estimate of drug-likeness (QED) is 0.500. The topological polar surface area (TPSA) is 65.6 Å². The number of ether oxygens (including phenoxy) is 1. The van der Waals surface area contributed by atoms with Crippen LogP contribution in [0.1, 0.15) is 60.3 Å². The molecule has 1 heterocycles. The fraction of sp³-hybridized carbons (Fsp3) is 0.696. The maximum Gasteiger partial charge on any atom is 0.198 e. The van der Waals surface area contributed by atoms with Gasteiger partial charge in [0.25, 0.3) is 0 Å². The fourth-order valence-electron chi connectivity index (χ4n) is 3.48. The molecule has 28 heavy (non-hydrogen) atoms. The summed E-state index contributed by atoms with van der Waals surface area (Å²) in [4.78, 5) is 4.36. The van der Waals surface area contributed by atoms with Crippen molar-refractivity contribution >= 4 is 11.6 Å². The van der Waals surface area contributed by atoms with Crippen LogP contribution < -0.4 is 15.4 Å². The van der Waals surface area contributed by atoms with Gasteiger partial charge in [0, 0.05) is 24.8 Å². The van der Waals surface area contributed by atoms with Crippen LogP contribution in [0.25, 0.3) is 0 Å². The fourth-order valence-corrected chi connectivity index (χ4v) is 3.48. The number of benzene rings is 1. The van der Waals surface area contributed by atoms with E-state index >= 15 is 0 Å². The number of anilines is 1. The van der Waals surface area contributed by atoms with Gasteiger partial charge in [0.2, 0.25) is 0 Å². The van der Waals surface area contributed by atoms with E-state index in [0.717, 1.165) is 50.4 Å². The summed E-state index contributed by atoms with van der Waals surface area (Å²) in [7, 11) is 0. The van der Waals surface area contributed by atoms with E-state index in [1.165, 1.54) is 6.42 Å². The first kappa shape index (κ1) is 22.5. The predicted octanol–water partition coefficient (Wildman–Crippen LogP) is 4.71. The summed E-state index contributed by atoms with van der Waals surface area (Å²) >= 11 is 0. The van der Waals surface area contributed by atoms with Crippen LogP contribution in [0.3, 0.4) is 0 Å². The molecule has 1 fully saturated rings. The maximum atomic E-state index is 8.95. The molecule has 0 radical (unpaired) electrons. The van der Waals surface area contributed by atoms with Crippen molar-refractivity contribution in [2.75, 3.05) is 31.1 Å². The third-order valence-electron chi connectivity index (χ3n) is 5.58. The van der Waals surface area contributed by atoms with Crippen LogP contribution in [-0.2, 0) is 0 Å². The Labute approximate surface area is 171 Å². The number of likely N-dealkylation sites (tertiary alicyclic amines) is 1. The van der Waals surface area contributed by atoms with Gasteiger partial charge in [-0.1, -0.05) is 27.7 Å². The zero-order valence-corrected chi connectivity index (χ0v) is 18.5. The van der Waals surface area contributed by atoms with E-state index in [0.29, 0.717) is 24.5 Å². The molecule has 0 amide bonds. The van der Waals surface area contributed by atoms with Crippen molar-refractivity contribution in [2.24, 2.45) is 17.1 Å². The molecular weight excluding hydrogens is 348 g/mol. The average Bonchev–Trinajstić information content (AvgIpc) is 2.66. The molecule has 1 unspecified atom stereocenters. The van der Waals surface area contributed by atoms with Gasteiger partial charge in [-0.25, -0.2) is 0 Å². The lowest BCUT2D eigenvalue weighted by molar-refractivity contribution is 0.250. The largest absolute Gasteiger partial charge is 0.494 e. The van der Waals surface area contributed by atoms with Crippen LogP contribution in [0.2, 0.25) is 0 Å². The van der Waals surface area contributed by atoms with E-state index in [4.69, 9.17) is 15.9 Å². The summed E-state index contributed by atoms with van der Waals surface area (Å²) in [6, 6.07) is 8.58. The standard InChI is InChI=1S/C23H40N4O/c1-18(2)13-15-28-21-11-9-20(10-12-21)27(17-23(4,5)16-24)22(25)26-14-7-6-8-19(26)3/h9-12,18-19,25H,6-8,13-17,24H2,1-5H3. The second-order valence-electron chi connectivity index (χ2n) is 9.34. The van der Waals surface area contributed by atoms with E-state index in [2.05, 4.69) is 56.6 Å². The molecule has 3 N–H and O–H groups in total. The van der Waals surface area contributed by atoms with Gasteiger partial charge in [0.05, 0.1) is 6.61 Å². The zero-order chi connectivity index (χ0) is 20.7. The highest BCUT2D eigenvalue weighted by atomic mass is 16.5. The van der Waals surface area contributed by atoms with Crippen LogP contribution in [0.5, 0.6) is 5.75 Å². The smallest absolute Gasteiger partial charge is 0.198 e. The Morgan fingerprint density at radius 1 is 1.29 bits per heavy atom. The Balaban J connectivity index is 2.17. The summed E-state index contributed by atoms with van der Waals surface area (Å²) in [5, 5.41) is 8.95. The molecule has 0 saturated carbocycles. The van der Waals surface area contributed by atoms with Gasteiger partial charge >= 0.3 is 0 Å². The number of nitrogens with zero attached hydrogens (tertiary/aromatic N) is 2. The first-order chi connectivity index (χ1) is 13.2. The second kappa shape index (κ2) is 10.1. The summed E-state index contributed by atoms with van der Waals surface area (Å²) in [5.41, 5.74) is 6.97. The lowest BCUT2D eigenvalue weighted by Crippen LogP contribution is -2.53. The third kappa shape index (κ3) is 6.40. The Kier molecular flexibility index (Phi) is 8.17. The minimum atomic E-state index is -0.0717. The highest BCUT2D eigenvalue weighted by molar-refractivity contribution is 5.94. The number of nitrogens with one attached hydrogen (secondary N) is 1. The van der Waals surface area contributed by atoms with Crippen molar-refractivity contribution in [2.45, 2.75) is 66.3 Å². The molecule has 5 nitrogen and oxygen atoms in total. The first-order valence-corrected chi connectivity index (χ1v) is 10.8. The lowest BCUT2D eigenvalue weighted by Gasteiger charge is -2.42. The number of rotatable bonds is 8. The predicted molar refractivity (Wildman–Crippen MR) is 119 cm³/mol. The zero-order valence-electron chi connectivity index (χ0n) is 18.5. The number of nitrogens with two attached hydrogens (primary N) is 1. The molecule has 0 aliphatic carbocycles. The molecule has 1 aliphatic rings. The van der Waals surface area contributed by atoms with Crippen molar-refractivity contribution in [3.05, 3.63) is 24.3 Å². The monoisotopic (exact) mass is 388 g/mol. The molecule has 158 valence electrons. The van der Waals surface area contributed by atoms with Crippen molar-refractivity contribution in [1.82, 2.24) is 4.90 Å². The van der Waals surface area contributed by atoms with Gasteiger partial charge in [-0.2, -0.15) is 0 Å². The molecule has 1 aromatic rings. The molecule has 0 spiro atoms. The molecule has 1 aromatic carbocycles. The van der Waals surface area contributed by atoms with Crippen LogP contribution in [0.4, 0.5) is 5.69 Å². The van der Waals surface area contributed by atoms with Crippen molar-refractivity contribution in [3.63, 3.8) is 0 Å². The van der Waals surface area contributed by atoms with Gasteiger partial charge in [-0.3, -0.25) is 5.41 Å². The average molecular weight is 389 g/mol. The van der Waals surface area contributed by atoms with Gasteiger partial charge in [0.1, 0.15) is 5.75 Å². The van der Waals surface area contributed by atoms with Crippen molar-refractivity contribution < 1.29 is 4.74 Å². The SMILES string of the molecule is CC(C)CCOc1ccc(N(CC(C)(C)CN)C(=N)N2CCCCC2C)cc1. The number of piperidine rings is 1. The van der Waals surface area contributed by atoms with Crippen LogP contribution >= 0.6 is 0 Å². The van der Waals surface area contributed by atoms with E-state index in [-0.39, 0.29) is 5.41 Å². The second-order valence-corrected chi connectivity index (χ2v) is 9.34. The normalized spacial score (nSPS) is 17.7. The highest BCUT2D eigenvalue weighted by Crippen LogP contribution is 2.27. The molecule has 5 heteroatoms. The van der Waals surface area contributed by atoms with Gasteiger partial charge < -0.3 is 20.3 Å². The Morgan fingerprint density at radius 2 is 1.96 bits per heavy atom. The minimum absolute atomic E-state index is 0.0717. The third-order valence-corrected chi connectivity index (χ3v) is 5.58. The van der Waals surface area contributed by atoms with E-state index in [9.17, 15) is 0 Å². The highest BCUT2D eigenvalue weighted by Gasteiger charge is 2.29. The molecule has 1 atom stereocenters. The van der Waals surface area contributed by atoms with Crippen molar-refractivity contribution in [1.29, 1.82) is 5.41 Å². The van der Waals surface area contributed by atoms with E-state index in [1.807, 2.05) is 12.1 Å². The number of hydrogen-bond donors (Lipinski definition) is 2. The maximum absolute atomic E-state index is 8.95. The lowest BCUT2D eigenvalue weighted by atomic mass is 9.92. The molecule has 2 rings (SSSR count). The van der Waals surface area contributed by atoms with Crippen LogP contribution in [0.15, 0.2) is 24.3 Å². The van der Waals surface area contributed by atoms with Crippen molar-refractivity contribution in [3.8, 4) is 5.75 Å². The van der Waals surface area contributed by atoms with Gasteiger partial charge in [-0.05, 0) is 74.8 Å². The summed E-state index contributed by atoms with van der Waals surface area (Å²) in [6.45, 7) is 14.0.